The zero-order chi connectivity index (χ0) is 14.6. The zero-order valence-electron chi connectivity index (χ0n) is 11.8. The maximum atomic E-state index is 12.2. The van der Waals surface area contributed by atoms with E-state index in [0.29, 0.717) is 29.6 Å². The minimum absolute atomic E-state index is 0.172. The van der Waals surface area contributed by atoms with Gasteiger partial charge >= 0.3 is 0 Å². The Balaban J connectivity index is 2.05. The molecule has 0 aliphatic carbocycles. The highest BCUT2D eigenvalue weighted by atomic mass is 35.5. The van der Waals surface area contributed by atoms with Crippen molar-refractivity contribution >= 4 is 23.3 Å². The highest BCUT2D eigenvalue weighted by Gasteiger charge is 2.31. The lowest BCUT2D eigenvalue weighted by Gasteiger charge is -2.23. The number of aromatic nitrogens is 1. The smallest absolute Gasteiger partial charge is 0.253 e. The van der Waals surface area contributed by atoms with Gasteiger partial charge in [-0.15, -0.1) is 0 Å². The highest BCUT2D eigenvalue weighted by molar-refractivity contribution is 6.33. The molecule has 1 atom stereocenters. The fourth-order valence-electron chi connectivity index (χ4n) is 2.05. The van der Waals surface area contributed by atoms with Crippen molar-refractivity contribution in [2.75, 3.05) is 25.1 Å². The van der Waals surface area contributed by atoms with Crippen molar-refractivity contribution in [3.05, 3.63) is 22.8 Å². The molecule has 5 nitrogen and oxygen atoms in total. The average molecular weight is 298 g/mol. The van der Waals surface area contributed by atoms with E-state index in [4.69, 9.17) is 16.3 Å². The van der Waals surface area contributed by atoms with E-state index in [1.54, 1.807) is 12.3 Å². The number of pyridine rings is 1. The number of nitrogens with one attached hydrogen (secondary N) is 2. The van der Waals surface area contributed by atoms with E-state index < -0.39 is 0 Å². The molecular weight excluding hydrogens is 278 g/mol. The molecule has 1 amide bonds. The normalized spacial score (nSPS) is 21.8. The third-order valence-corrected chi connectivity index (χ3v) is 3.57. The molecule has 1 aliphatic heterocycles. The molecular formula is C14H20ClN3O2. The molecule has 1 unspecified atom stereocenters. The minimum Gasteiger partial charge on any atom is -0.379 e. The van der Waals surface area contributed by atoms with Gasteiger partial charge in [0.05, 0.1) is 22.7 Å². The molecule has 0 bridgehead atoms. The van der Waals surface area contributed by atoms with Gasteiger partial charge in [-0.2, -0.15) is 0 Å². The minimum atomic E-state index is -0.303. The van der Waals surface area contributed by atoms with Gasteiger partial charge in [-0.05, 0) is 25.8 Å². The summed E-state index contributed by atoms with van der Waals surface area (Å²) in [6, 6.07) is 1.64. The molecule has 0 spiro atoms. The van der Waals surface area contributed by atoms with Gasteiger partial charge in [-0.25, -0.2) is 4.98 Å². The van der Waals surface area contributed by atoms with Crippen LogP contribution in [0, 0.1) is 0 Å². The van der Waals surface area contributed by atoms with E-state index >= 15 is 0 Å². The number of hydrogen-bond acceptors (Lipinski definition) is 4. The van der Waals surface area contributed by atoms with Crippen LogP contribution in [-0.4, -0.2) is 36.2 Å². The van der Waals surface area contributed by atoms with Crippen LogP contribution in [0.5, 0.6) is 0 Å². The van der Waals surface area contributed by atoms with Crippen molar-refractivity contribution in [2.24, 2.45) is 0 Å². The predicted octanol–water partition coefficient (Wildman–Crippen LogP) is 2.47. The molecule has 1 saturated heterocycles. The molecule has 6 heteroatoms. The monoisotopic (exact) mass is 297 g/mol. The molecule has 2 N–H and O–H groups in total. The van der Waals surface area contributed by atoms with Crippen LogP contribution in [0.2, 0.25) is 5.02 Å². The number of anilines is 1. The number of carbonyl (C=O) groups excluding carboxylic acids is 1. The van der Waals surface area contributed by atoms with Crippen molar-refractivity contribution in [2.45, 2.75) is 32.2 Å². The van der Waals surface area contributed by atoms with Gasteiger partial charge in [0.15, 0.2) is 0 Å². The van der Waals surface area contributed by atoms with Gasteiger partial charge in [0.2, 0.25) is 0 Å². The molecule has 1 aromatic heterocycles. The SMILES string of the molecule is CCCNc1ncc(C(=O)NC2(C)CCOC2)cc1Cl. The molecule has 0 aromatic carbocycles. The third kappa shape index (κ3) is 3.61. The number of amides is 1. The number of hydrogen-bond donors (Lipinski definition) is 2. The van der Waals surface area contributed by atoms with Crippen LogP contribution in [0.25, 0.3) is 0 Å². The zero-order valence-corrected chi connectivity index (χ0v) is 12.6. The molecule has 1 fully saturated rings. The summed E-state index contributed by atoms with van der Waals surface area (Å²) >= 11 is 6.13. The first-order chi connectivity index (χ1) is 9.54. The summed E-state index contributed by atoms with van der Waals surface area (Å²) in [6.07, 6.45) is 3.34. The molecule has 20 heavy (non-hydrogen) atoms. The number of nitrogens with zero attached hydrogens (tertiary/aromatic N) is 1. The van der Waals surface area contributed by atoms with Gasteiger partial charge in [0.1, 0.15) is 5.82 Å². The molecule has 0 saturated carbocycles. The van der Waals surface area contributed by atoms with Gasteiger partial charge in [0.25, 0.3) is 5.91 Å². The second kappa shape index (κ2) is 6.41. The number of ether oxygens (including phenoxy) is 1. The van der Waals surface area contributed by atoms with Gasteiger partial charge < -0.3 is 15.4 Å². The second-order valence-corrected chi connectivity index (χ2v) is 5.71. The first-order valence-corrected chi connectivity index (χ1v) is 7.21. The van der Waals surface area contributed by atoms with Crippen molar-refractivity contribution < 1.29 is 9.53 Å². The Labute approximate surface area is 124 Å². The van der Waals surface area contributed by atoms with Crippen molar-refractivity contribution in [1.82, 2.24) is 10.3 Å². The molecule has 0 radical (unpaired) electrons. The lowest BCUT2D eigenvalue weighted by Crippen LogP contribution is -2.46. The fourth-order valence-corrected chi connectivity index (χ4v) is 2.28. The molecule has 2 rings (SSSR count). The van der Waals surface area contributed by atoms with Gasteiger partial charge in [-0.3, -0.25) is 4.79 Å². The summed E-state index contributed by atoms with van der Waals surface area (Å²) in [5.41, 5.74) is 0.160. The van der Waals surface area contributed by atoms with Gasteiger partial charge in [-0.1, -0.05) is 18.5 Å². The Kier molecular flexibility index (Phi) is 4.83. The third-order valence-electron chi connectivity index (χ3n) is 3.28. The second-order valence-electron chi connectivity index (χ2n) is 5.30. The van der Waals surface area contributed by atoms with Crippen LogP contribution in [0.15, 0.2) is 12.3 Å². The van der Waals surface area contributed by atoms with E-state index in [9.17, 15) is 4.79 Å². The summed E-state index contributed by atoms with van der Waals surface area (Å²) in [4.78, 5) is 16.4. The Morgan fingerprint density at radius 2 is 2.40 bits per heavy atom. The first kappa shape index (κ1) is 15.1. The van der Waals surface area contributed by atoms with Crippen LogP contribution in [0.1, 0.15) is 37.0 Å². The first-order valence-electron chi connectivity index (χ1n) is 6.84. The number of carbonyl (C=O) groups is 1. The Morgan fingerprint density at radius 1 is 1.60 bits per heavy atom. The molecule has 2 heterocycles. The highest BCUT2D eigenvalue weighted by Crippen LogP contribution is 2.22. The van der Waals surface area contributed by atoms with E-state index in [0.717, 1.165) is 19.4 Å². The summed E-state index contributed by atoms with van der Waals surface area (Å²) in [5.74, 6) is 0.440. The summed E-state index contributed by atoms with van der Waals surface area (Å²) in [5, 5.41) is 6.55. The van der Waals surface area contributed by atoms with Crippen molar-refractivity contribution in [1.29, 1.82) is 0 Å². The Hall–Kier alpha value is -1.33. The largest absolute Gasteiger partial charge is 0.379 e. The van der Waals surface area contributed by atoms with E-state index in [2.05, 4.69) is 22.5 Å². The molecule has 1 aromatic rings. The van der Waals surface area contributed by atoms with Gasteiger partial charge in [0, 0.05) is 19.3 Å². The Bertz CT molecular complexity index is 487. The van der Waals surface area contributed by atoms with E-state index in [1.165, 1.54) is 0 Å². The fraction of sp³-hybridized carbons (Fsp3) is 0.571. The van der Waals surface area contributed by atoms with Crippen molar-refractivity contribution in [3.63, 3.8) is 0 Å². The quantitative estimate of drug-likeness (QED) is 0.876. The lowest BCUT2D eigenvalue weighted by molar-refractivity contribution is 0.0889. The summed E-state index contributed by atoms with van der Waals surface area (Å²) < 4.78 is 5.32. The molecule has 110 valence electrons. The summed E-state index contributed by atoms with van der Waals surface area (Å²) in [7, 11) is 0. The maximum Gasteiger partial charge on any atom is 0.253 e. The molecule has 1 aliphatic rings. The van der Waals surface area contributed by atoms with Crippen LogP contribution in [0.4, 0.5) is 5.82 Å². The van der Waals surface area contributed by atoms with Crippen LogP contribution in [0.3, 0.4) is 0 Å². The maximum absolute atomic E-state index is 12.2. The van der Waals surface area contributed by atoms with Crippen LogP contribution in [-0.2, 0) is 4.74 Å². The average Bonchev–Trinajstić information content (AvgIpc) is 2.83. The lowest BCUT2D eigenvalue weighted by atomic mass is 10.0. The van der Waals surface area contributed by atoms with Crippen LogP contribution >= 0.6 is 11.6 Å². The predicted molar refractivity (Wildman–Crippen MR) is 79.3 cm³/mol. The standard InChI is InChI=1S/C14H20ClN3O2/c1-3-5-16-12-11(15)7-10(8-17-12)13(19)18-14(2)4-6-20-9-14/h7-8H,3-6,9H2,1-2H3,(H,16,17)(H,18,19). The van der Waals surface area contributed by atoms with Crippen LogP contribution < -0.4 is 10.6 Å². The van der Waals surface area contributed by atoms with Crippen molar-refractivity contribution in [3.8, 4) is 0 Å². The number of rotatable bonds is 5. The topological polar surface area (TPSA) is 63.2 Å². The van der Waals surface area contributed by atoms with E-state index in [-0.39, 0.29) is 11.4 Å². The Morgan fingerprint density at radius 3 is 3.00 bits per heavy atom. The number of halogens is 1. The van der Waals surface area contributed by atoms with E-state index in [1.807, 2.05) is 6.92 Å². The summed E-state index contributed by atoms with van der Waals surface area (Å²) in [6.45, 7) is 6.05.